The summed E-state index contributed by atoms with van der Waals surface area (Å²) >= 11 is 3.40. The topological polar surface area (TPSA) is 41.0 Å². The fourth-order valence-electron chi connectivity index (χ4n) is 2.09. The molecule has 1 heterocycles. The minimum atomic E-state index is 0.428. The molecule has 0 spiro atoms. The predicted molar refractivity (Wildman–Crippen MR) is 84.6 cm³/mol. The molecule has 1 aromatic rings. The van der Waals surface area contributed by atoms with Gasteiger partial charge in [-0.1, -0.05) is 13.8 Å². The van der Waals surface area contributed by atoms with E-state index in [0.29, 0.717) is 6.04 Å². The summed E-state index contributed by atoms with van der Waals surface area (Å²) in [6.07, 6.45) is 2.36. The molecule has 0 aliphatic heterocycles. The molecule has 1 rings (SSSR count). The van der Waals surface area contributed by atoms with Crippen LogP contribution in [0.5, 0.6) is 0 Å². The zero-order valence-corrected chi connectivity index (χ0v) is 14.0. The van der Waals surface area contributed by atoms with Crippen LogP contribution in [0.2, 0.25) is 0 Å². The van der Waals surface area contributed by atoms with Crippen LogP contribution in [0.25, 0.3) is 0 Å². The third kappa shape index (κ3) is 6.34. The Labute approximate surface area is 125 Å². The van der Waals surface area contributed by atoms with Gasteiger partial charge in [-0.2, -0.15) is 0 Å². The largest absolute Gasteiger partial charge is 0.367 e. The van der Waals surface area contributed by atoms with E-state index < -0.39 is 0 Å². The monoisotopic (exact) mass is 328 g/mol. The van der Waals surface area contributed by atoms with Crippen molar-refractivity contribution < 1.29 is 0 Å². The van der Waals surface area contributed by atoms with Crippen molar-refractivity contribution in [1.82, 2.24) is 14.9 Å². The molecule has 0 saturated heterocycles. The van der Waals surface area contributed by atoms with Gasteiger partial charge < -0.3 is 10.2 Å². The minimum absolute atomic E-state index is 0.428. The van der Waals surface area contributed by atoms with E-state index >= 15 is 0 Å². The van der Waals surface area contributed by atoms with E-state index in [1.165, 1.54) is 13.0 Å². The van der Waals surface area contributed by atoms with Crippen LogP contribution < -0.4 is 5.32 Å². The number of hydrogen-bond acceptors (Lipinski definition) is 4. The van der Waals surface area contributed by atoms with Gasteiger partial charge >= 0.3 is 0 Å². The summed E-state index contributed by atoms with van der Waals surface area (Å²) in [7, 11) is 0. The molecule has 1 unspecified atom stereocenters. The van der Waals surface area contributed by atoms with E-state index in [2.05, 4.69) is 56.9 Å². The molecule has 0 bridgehead atoms. The Morgan fingerprint density at radius 2 is 2.00 bits per heavy atom. The van der Waals surface area contributed by atoms with Crippen molar-refractivity contribution in [2.75, 3.05) is 25.0 Å². The second-order valence-electron chi connectivity index (χ2n) is 4.84. The lowest BCUT2D eigenvalue weighted by Gasteiger charge is -2.20. The Bertz CT molecular complexity index is 359. The highest BCUT2D eigenvalue weighted by molar-refractivity contribution is 9.10. The highest BCUT2D eigenvalue weighted by Crippen LogP contribution is 2.14. The van der Waals surface area contributed by atoms with Gasteiger partial charge in [0.05, 0.1) is 0 Å². The molecule has 0 aliphatic carbocycles. The number of nitrogens with zero attached hydrogens (tertiary/aromatic N) is 3. The lowest BCUT2D eigenvalue weighted by Crippen LogP contribution is -2.25. The maximum Gasteiger partial charge on any atom is 0.131 e. The molecule has 0 aromatic carbocycles. The van der Waals surface area contributed by atoms with Crippen molar-refractivity contribution in [1.29, 1.82) is 0 Å². The molecular weight excluding hydrogens is 304 g/mol. The molecular formula is C14H25BrN4. The zero-order chi connectivity index (χ0) is 14.3. The summed E-state index contributed by atoms with van der Waals surface area (Å²) in [6, 6.07) is 2.35. The second-order valence-corrected chi connectivity index (χ2v) is 5.65. The number of aromatic nitrogens is 2. The summed E-state index contributed by atoms with van der Waals surface area (Å²) in [6.45, 7) is 12.0. The van der Waals surface area contributed by atoms with Crippen LogP contribution in [0.4, 0.5) is 5.82 Å². The smallest absolute Gasteiger partial charge is 0.131 e. The molecule has 1 aromatic heterocycles. The average Bonchev–Trinajstić information content (AvgIpc) is 2.33. The number of anilines is 1. The van der Waals surface area contributed by atoms with Crippen LogP contribution in [0.15, 0.2) is 10.7 Å². The molecule has 0 saturated carbocycles. The highest BCUT2D eigenvalue weighted by atomic mass is 79.9. The molecule has 0 aliphatic rings. The highest BCUT2D eigenvalue weighted by Gasteiger charge is 2.06. The van der Waals surface area contributed by atoms with Gasteiger partial charge in [0.25, 0.3) is 0 Å². The SMILES string of the molecule is CCN(CC)CCCC(C)Nc1cc(Br)nc(C)n1. The van der Waals surface area contributed by atoms with Gasteiger partial charge in [-0.25, -0.2) is 9.97 Å². The minimum Gasteiger partial charge on any atom is -0.367 e. The average molecular weight is 329 g/mol. The van der Waals surface area contributed by atoms with Gasteiger partial charge in [0.2, 0.25) is 0 Å². The van der Waals surface area contributed by atoms with Gasteiger partial charge in [0.15, 0.2) is 0 Å². The fourth-order valence-corrected chi connectivity index (χ4v) is 2.56. The first-order chi connectivity index (χ1) is 9.05. The zero-order valence-electron chi connectivity index (χ0n) is 12.4. The molecule has 108 valence electrons. The molecule has 4 nitrogen and oxygen atoms in total. The molecule has 0 fully saturated rings. The Morgan fingerprint density at radius 1 is 1.32 bits per heavy atom. The first-order valence-corrected chi connectivity index (χ1v) is 7.84. The number of aryl methyl sites for hydroxylation is 1. The Kier molecular flexibility index (Phi) is 7.31. The molecule has 1 N–H and O–H groups in total. The molecule has 0 radical (unpaired) electrons. The second kappa shape index (κ2) is 8.48. The van der Waals surface area contributed by atoms with Crippen molar-refractivity contribution >= 4 is 21.7 Å². The maximum absolute atomic E-state index is 4.39. The van der Waals surface area contributed by atoms with Gasteiger partial charge in [0, 0.05) is 12.1 Å². The maximum atomic E-state index is 4.39. The standard InChI is InChI=1S/C14H25BrN4/c1-5-19(6-2)9-7-8-11(3)16-14-10-13(15)17-12(4)18-14/h10-11H,5-9H2,1-4H3,(H,16,17,18). The van der Waals surface area contributed by atoms with Gasteiger partial charge in [0.1, 0.15) is 16.2 Å². The van der Waals surface area contributed by atoms with E-state index in [-0.39, 0.29) is 0 Å². The van der Waals surface area contributed by atoms with Gasteiger partial charge in [-0.05, 0) is 62.3 Å². The van der Waals surface area contributed by atoms with Gasteiger partial charge in [-0.3, -0.25) is 0 Å². The first-order valence-electron chi connectivity index (χ1n) is 7.05. The number of halogens is 1. The van der Waals surface area contributed by atoms with Crippen LogP contribution in [0.3, 0.4) is 0 Å². The summed E-state index contributed by atoms with van der Waals surface area (Å²) in [4.78, 5) is 11.1. The van der Waals surface area contributed by atoms with E-state index in [9.17, 15) is 0 Å². The fraction of sp³-hybridized carbons (Fsp3) is 0.714. The van der Waals surface area contributed by atoms with E-state index in [4.69, 9.17) is 0 Å². The molecule has 1 atom stereocenters. The van der Waals surface area contributed by atoms with E-state index in [1.54, 1.807) is 0 Å². The number of nitrogens with one attached hydrogen (secondary N) is 1. The van der Waals surface area contributed by atoms with Crippen molar-refractivity contribution in [3.05, 3.63) is 16.5 Å². The van der Waals surface area contributed by atoms with Crippen LogP contribution in [-0.2, 0) is 0 Å². The number of rotatable bonds is 8. The summed E-state index contributed by atoms with van der Waals surface area (Å²) in [5.41, 5.74) is 0. The Hall–Kier alpha value is -0.680. The predicted octanol–water partition coefficient (Wildman–Crippen LogP) is 3.47. The van der Waals surface area contributed by atoms with Crippen molar-refractivity contribution in [2.24, 2.45) is 0 Å². The summed E-state index contributed by atoms with van der Waals surface area (Å²) in [5.74, 6) is 1.68. The van der Waals surface area contributed by atoms with E-state index in [1.807, 2.05) is 13.0 Å². The van der Waals surface area contributed by atoms with Gasteiger partial charge in [-0.15, -0.1) is 0 Å². The van der Waals surface area contributed by atoms with Crippen LogP contribution in [0, 0.1) is 6.92 Å². The summed E-state index contributed by atoms with van der Waals surface area (Å²) < 4.78 is 0.831. The molecule has 0 amide bonds. The van der Waals surface area contributed by atoms with Crippen LogP contribution >= 0.6 is 15.9 Å². The van der Waals surface area contributed by atoms with Crippen molar-refractivity contribution in [3.63, 3.8) is 0 Å². The Balaban J connectivity index is 2.36. The molecule has 5 heteroatoms. The normalized spacial score (nSPS) is 12.7. The van der Waals surface area contributed by atoms with Crippen LogP contribution in [-0.4, -0.2) is 40.5 Å². The van der Waals surface area contributed by atoms with Crippen molar-refractivity contribution in [2.45, 2.75) is 46.6 Å². The summed E-state index contributed by atoms with van der Waals surface area (Å²) in [5, 5.41) is 3.43. The first kappa shape index (κ1) is 16.4. The molecule has 19 heavy (non-hydrogen) atoms. The lowest BCUT2D eigenvalue weighted by atomic mass is 10.1. The Morgan fingerprint density at radius 3 is 2.58 bits per heavy atom. The quantitative estimate of drug-likeness (QED) is 0.742. The number of hydrogen-bond donors (Lipinski definition) is 1. The third-order valence-electron chi connectivity index (χ3n) is 3.21. The van der Waals surface area contributed by atoms with Crippen LogP contribution in [0.1, 0.15) is 39.4 Å². The lowest BCUT2D eigenvalue weighted by molar-refractivity contribution is 0.295. The van der Waals surface area contributed by atoms with Crippen molar-refractivity contribution in [3.8, 4) is 0 Å². The van der Waals surface area contributed by atoms with E-state index in [0.717, 1.165) is 35.8 Å². The third-order valence-corrected chi connectivity index (χ3v) is 3.61.